The van der Waals surface area contributed by atoms with Gasteiger partial charge in [0.2, 0.25) is 0 Å². The Balaban J connectivity index is 1.87. The lowest BCUT2D eigenvalue weighted by Gasteiger charge is -2.19. The van der Waals surface area contributed by atoms with E-state index in [1.54, 1.807) is 24.3 Å². The van der Waals surface area contributed by atoms with Gasteiger partial charge in [-0.2, -0.15) is 0 Å². The molecule has 0 spiro atoms. The normalized spacial score (nSPS) is 14.2. The van der Waals surface area contributed by atoms with E-state index < -0.39 is 10.0 Å². The summed E-state index contributed by atoms with van der Waals surface area (Å²) < 4.78 is 26.6. The van der Waals surface area contributed by atoms with Crippen molar-refractivity contribution in [3.8, 4) is 0 Å². The number of aromatic nitrogens is 1. The Morgan fingerprint density at radius 3 is 2.50 bits per heavy atom. The molecule has 0 saturated heterocycles. The smallest absolute Gasteiger partial charge is 0.264 e. The third-order valence-electron chi connectivity index (χ3n) is 3.94. The number of amides is 1. The van der Waals surface area contributed by atoms with E-state index in [4.69, 9.17) is 0 Å². The zero-order valence-electron chi connectivity index (χ0n) is 13.6. The molecule has 2 aromatic rings. The second kappa shape index (κ2) is 6.24. The summed E-state index contributed by atoms with van der Waals surface area (Å²) in [5.41, 5.74) is 1.68. The van der Waals surface area contributed by atoms with Crippen molar-refractivity contribution in [2.75, 3.05) is 11.4 Å². The average molecular weight is 345 g/mol. The van der Waals surface area contributed by atoms with Crippen molar-refractivity contribution in [1.82, 2.24) is 10.3 Å². The van der Waals surface area contributed by atoms with Crippen LogP contribution in [0.3, 0.4) is 0 Å². The zero-order chi connectivity index (χ0) is 17.3. The van der Waals surface area contributed by atoms with Gasteiger partial charge in [0.25, 0.3) is 15.9 Å². The number of nitrogens with one attached hydrogen (secondary N) is 1. The van der Waals surface area contributed by atoms with E-state index in [-0.39, 0.29) is 16.8 Å². The van der Waals surface area contributed by atoms with E-state index in [0.717, 1.165) is 22.7 Å². The van der Waals surface area contributed by atoms with Crippen molar-refractivity contribution < 1.29 is 13.2 Å². The van der Waals surface area contributed by atoms with Crippen LogP contribution in [0.5, 0.6) is 0 Å². The van der Waals surface area contributed by atoms with Gasteiger partial charge in [0.1, 0.15) is 0 Å². The molecule has 1 N–H and O–H groups in total. The molecule has 1 aliphatic carbocycles. The van der Waals surface area contributed by atoms with Gasteiger partial charge in [-0.05, 0) is 38.0 Å². The molecule has 0 atom stereocenters. The van der Waals surface area contributed by atoms with Crippen LogP contribution in [-0.4, -0.2) is 32.4 Å². The molecule has 0 bridgehead atoms. The molecule has 1 saturated carbocycles. The average Bonchev–Trinajstić information content (AvgIpc) is 3.38. The fourth-order valence-corrected chi connectivity index (χ4v) is 3.40. The molecule has 0 aliphatic heterocycles. The van der Waals surface area contributed by atoms with E-state index in [2.05, 4.69) is 10.3 Å². The summed E-state index contributed by atoms with van der Waals surface area (Å²) in [5, 5.41) is 2.87. The van der Waals surface area contributed by atoms with E-state index in [1.165, 1.54) is 25.5 Å². The standard InChI is InChI=1S/C17H19N3O3S/c1-12-3-7-16(8-4-12)24(22,23)20(2)15-9-13(10-18-11-15)17(21)19-14-5-6-14/h3-4,7-11,14H,5-6H2,1-2H3,(H,19,21). The predicted octanol–water partition coefficient (Wildman–Crippen LogP) is 2.11. The number of hydrogen-bond donors (Lipinski definition) is 1. The highest BCUT2D eigenvalue weighted by Crippen LogP contribution is 2.23. The second-order valence-electron chi connectivity index (χ2n) is 5.97. The molecular weight excluding hydrogens is 326 g/mol. The first-order chi connectivity index (χ1) is 11.4. The minimum atomic E-state index is -3.70. The van der Waals surface area contributed by atoms with Gasteiger partial charge in [-0.1, -0.05) is 17.7 Å². The maximum Gasteiger partial charge on any atom is 0.264 e. The molecule has 1 fully saturated rings. The van der Waals surface area contributed by atoms with Crippen LogP contribution in [0.15, 0.2) is 47.6 Å². The number of pyridine rings is 1. The Morgan fingerprint density at radius 2 is 1.88 bits per heavy atom. The highest BCUT2D eigenvalue weighted by Gasteiger charge is 2.25. The lowest BCUT2D eigenvalue weighted by atomic mass is 10.2. The Kier molecular flexibility index (Phi) is 4.28. The molecule has 0 radical (unpaired) electrons. The monoisotopic (exact) mass is 345 g/mol. The summed E-state index contributed by atoms with van der Waals surface area (Å²) in [7, 11) is -2.25. The Morgan fingerprint density at radius 1 is 1.21 bits per heavy atom. The lowest BCUT2D eigenvalue weighted by molar-refractivity contribution is 0.0950. The molecular formula is C17H19N3O3S. The molecule has 3 rings (SSSR count). The van der Waals surface area contributed by atoms with Crippen LogP contribution >= 0.6 is 0 Å². The quantitative estimate of drug-likeness (QED) is 0.900. The maximum absolute atomic E-state index is 12.7. The number of anilines is 1. The van der Waals surface area contributed by atoms with E-state index in [1.807, 2.05) is 6.92 Å². The number of aryl methyl sites for hydroxylation is 1. The minimum Gasteiger partial charge on any atom is -0.349 e. The highest BCUT2D eigenvalue weighted by molar-refractivity contribution is 7.92. The van der Waals surface area contributed by atoms with Crippen LogP contribution in [0, 0.1) is 6.92 Å². The summed E-state index contributed by atoms with van der Waals surface area (Å²) in [6, 6.07) is 8.40. The third-order valence-corrected chi connectivity index (χ3v) is 5.74. The van der Waals surface area contributed by atoms with Gasteiger partial charge in [0, 0.05) is 19.3 Å². The molecule has 1 heterocycles. The van der Waals surface area contributed by atoms with Crippen LogP contribution < -0.4 is 9.62 Å². The van der Waals surface area contributed by atoms with Crippen LogP contribution in [0.25, 0.3) is 0 Å². The molecule has 6 nitrogen and oxygen atoms in total. The zero-order valence-corrected chi connectivity index (χ0v) is 14.4. The Bertz CT molecular complexity index is 859. The van der Waals surface area contributed by atoms with E-state index in [9.17, 15) is 13.2 Å². The van der Waals surface area contributed by atoms with Crippen molar-refractivity contribution >= 4 is 21.6 Å². The van der Waals surface area contributed by atoms with Gasteiger partial charge in [-0.3, -0.25) is 14.1 Å². The fourth-order valence-electron chi connectivity index (χ4n) is 2.23. The molecule has 1 amide bonds. The largest absolute Gasteiger partial charge is 0.349 e. The number of nitrogens with zero attached hydrogens (tertiary/aromatic N) is 2. The second-order valence-corrected chi connectivity index (χ2v) is 7.93. The van der Waals surface area contributed by atoms with E-state index in [0.29, 0.717) is 11.3 Å². The molecule has 7 heteroatoms. The first kappa shape index (κ1) is 16.4. The summed E-state index contributed by atoms with van der Waals surface area (Å²) >= 11 is 0. The lowest BCUT2D eigenvalue weighted by Crippen LogP contribution is -2.28. The highest BCUT2D eigenvalue weighted by atomic mass is 32.2. The maximum atomic E-state index is 12.7. The van der Waals surface area contributed by atoms with Crippen molar-refractivity contribution in [3.63, 3.8) is 0 Å². The number of sulfonamides is 1. The van der Waals surface area contributed by atoms with Crippen LogP contribution in [-0.2, 0) is 10.0 Å². The molecule has 1 aromatic carbocycles. The Hall–Kier alpha value is -2.41. The molecule has 24 heavy (non-hydrogen) atoms. The summed E-state index contributed by atoms with van der Waals surface area (Å²) in [4.78, 5) is 16.3. The predicted molar refractivity (Wildman–Crippen MR) is 91.5 cm³/mol. The SMILES string of the molecule is Cc1ccc(S(=O)(=O)N(C)c2cncc(C(=O)NC3CC3)c2)cc1. The molecule has 126 valence electrons. The topological polar surface area (TPSA) is 79.4 Å². The summed E-state index contributed by atoms with van der Waals surface area (Å²) in [6.07, 6.45) is 4.84. The number of hydrogen-bond acceptors (Lipinski definition) is 4. The number of rotatable bonds is 5. The van der Waals surface area contributed by atoms with Crippen LogP contribution in [0.1, 0.15) is 28.8 Å². The van der Waals surface area contributed by atoms with Gasteiger partial charge < -0.3 is 5.32 Å². The van der Waals surface area contributed by atoms with Crippen LogP contribution in [0.2, 0.25) is 0 Å². The van der Waals surface area contributed by atoms with Gasteiger partial charge in [-0.15, -0.1) is 0 Å². The van der Waals surface area contributed by atoms with Gasteiger partial charge in [0.15, 0.2) is 0 Å². The Labute approximate surface area is 141 Å². The summed E-state index contributed by atoms with van der Waals surface area (Å²) in [6.45, 7) is 1.89. The number of carbonyl (C=O) groups excluding carboxylic acids is 1. The number of carbonyl (C=O) groups is 1. The van der Waals surface area contributed by atoms with Gasteiger partial charge in [-0.25, -0.2) is 8.42 Å². The molecule has 0 unspecified atom stereocenters. The van der Waals surface area contributed by atoms with E-state index >= 15 is 0 Å². The first-order valence-corrected chi connectivity index (χ1v) is 9.13. The van der Waals surface area contributed by atoms with Crippen molar-refractivity contribution in [1.29, 1.82) is 0 Å². The van der Waals surface area contributed by atoms with Gasteiger partial charge >= 0.3 is 0 Å². The third kappa shape index (κ3) is 3.41. The first-order valence-electron chi connectivity index (χ1n) is 7.69. The van der Waals surface area contributed by atoms with Crippen molar-refractivity contribution in [2.45, 2.75) is 30.7 Å². The van der Waals surface area contributed by atoms with Crippen molar-refractivity contribution in [2.24, 2.45) is 0 Å². The fraction of sp³-hybridized carbons (Fsp3) is 0.294. The minimum absolute atomic E-state index is 0.198. The molecule has 1 aromatic heterocycles. The van der Waals surface area contributed by atoms with Crippen molar-refractivity contribution in [3.05, 3.63) is 53.9 Å². The molecule has 1 aliphatic rings. The number of benzene rings is 1. The summed E-state index contributed by atoms with van der Waals surface area (Å²) in [5.74, 6) is -0.229. The van der Waals surface area contributed by atoms with Crippen LogP contribution in [0.4, 0.5) is 5.69 Å². The van der Waals surface area contributed by atoms with Gasteiger partial charge in [0.05, 0.1) is 22.3 Å².